The monoisotopic (exact) mass is 388 g/mol. The van der Waals surface area contributed by atoms with Gasteiger partial charge in [-0.15, -0.1) is 0 Å². The lowest BCUT2D eigenvalue weighted by molar-refractivity contribution is 0.311. The van der Waals surface area contributed by atoms with Crippen LogP contribution in [0.4, 0.5) is 0 Å². The maximum atomic E-state index is 13.2. The summed E-state index contributed by atoms with van der Waals surface area (Å²) in [5, 5.41) is 10.6. The summed E-state index contributed by atoms with van der Waals surface area (Å²) in [7, 11) is 7.01. The van der Waals surface area contributed by atoms with E-state index in [0.29, 0.717) is 11.3 Å². The molecule has 0 unspecified atom stereocenters. The summed E-state index contributed by atoms with van der Waals surface area (Å²) in [6, 6.07) is 6.85. The number of hydrogen-bond acceptors (Lipinski definition) is 8. The molecule has 0 aliphatic rings. The van der Waals surface area contributed by atoms with Crippen molar-refractivity contribution >= 4 is 11.0 Å². The summed E-state index contributed by atoms with van der Waals surface area (Å²) in [6.07, 6.45) is 0. The van der Waals surface area contributed by atoms with E-state index in [9.17, 15) is 9.90 Å². The maximum Gasteiger partial charge on any atom is 0.239 e. The van der Waals surface area contributed by atoms with Crippen molar-refractivity contribution in [1.82, 2.24) is 0 Å². The molecule has 0 saturated heterocycles. The molecular formula is C20H20O8. The second kappa shape index (κ2) is 7.59. The van der Waals surface area contributed by atoms with Crippen LogP contribution in [-0.4, -0.2) is 40.7 Å². The van der Waals surface area contributed by atoms with Gasteiger partial charge in [0, 0.05) is 5.56 Å². The van der Waals surface area contributed by atoms with Crippen LogP contribution < -0.4 is 29.1 Å². The van der Waals surface area contributed by atoms with Gasteiger partial charge in [-0.3, -0.25) is 4.79 Å². The van der Waals surface area contributed by atoms with Gasteiger partial charge in [0.25, 0.3) is 0 Å². The number of fused-ring (bicyclic) bond motifs is 1. The van der Waals surface area contributed by atoms with Crippen molar-refractivity contribution in [3.8, 4) is 45.8 Å². The molecule has 0 aliphatic heterocycles. The molecule has 3 rings (SSSR count). The number of ether oxygens (including phenoxy) is 5. The highest BCUT2D eigenvalue weighted by Crippen LogP contribution is 2.50. The molecule has 0 atom stereocenters. The average molecular weight is 388 g/mol. The van der Waals surface area contributed by atoms with E-state index in [1.54, 1.807) is 31.4 Å². The molecule has 1 heterocycles. The van der Waals surface area contributed by atoms with Crippen molar-refractivity contribution in [3.05, 3.63) is 34.5 Å². The Hall–Kier alpha value is -3.55. The second-order valence-electron chi connectivity index (χ2n) is 5.67. The Morgan fingerprint density at radius 1 is 0.750 bits per heavy atom. The average Bonchev–Trinajstić information content (AvgIpc) is 2.73. The fraction of sp³-hybridized carbons (Fsp3) is 0.250. The molecule has 0 radical (unpaired) electrons. The third kappa shape index (κ3) is 2.83. The topological polar surface area (TPSA) is 96.6 Å². The maximum absolute atomic E-state index is 13.2. The highest BCUT2D eigenvalue weighted by molar-refractivity contribution is 5.96. The Kier molecular flexibility index (Phi) is 5.21. The van der Waals surface area contributed by atoms with E-state index in [0.717, 1.165) is 0 Å². The molecule has 0 bridgehead atoms. The Bertz CT molecular complexity index is 1070. The molecule has 0 spiro atoms. The van der Waals surface area contributed by atoms with Gasteiger partial charge in [0.05, 0.1) is 35.5 Å². The van der Waals surface area contributed by atoms with Gasteiger partial charge in [-0.2, -0.15) is 0 Å². The number of methoxy groups -OCH3 is 5. The zero-order valence-electron chi connectivity index (χ0n) is 16.1. The Morgan fingerprint density at radius 2 is 1.32 bits per heavy atom. The minimum Gasteiger partial charge on any atom is -0.502 e. The number of benzene rings is 2. The first-order valence-corrected chi connectivity index (χ1v) is 8.22. The molecule has 0 fully saturated rings. The van der Waals surface area contributed by atoms with Crippen molar-refractivity contribution < 1.29 is 33.2 Å². The van der Waals surface area contributed by atoms with E-state index in [1.807, 2.05) is 0 Å². The molecule has 3 aromatic rings. The summed E-state index contributed by atoms with van der Waals surface area (Å²) in [6.45, 7) is 0. The number of phenolic OH excluding ortho intramolecular Hbond substituents is 1. The first-order chi connectivity index (χ1) is 13.5. The molecule has 1 aromatic heterocycles. The third-order valence-corrected chi connectivity index (χ3v) is 4.31. The lowest BCUT2D eigenvalue weighted by Crippen LogP contribution is -2.10. The van der Waals surface area contributed by atoms with Crippen molar-refractivity contribution in [2.45, 2.75) is 0 Å². The quantitative estimate of drug-likeness (QED) is 0.688. The number of hydrogen-bond donors (Lipinski definition) is 1. The molecular weight excluding hydrogens is 368 g/mol. The molecule has 1 N–H and O–H groups in total. The predicted molar refractivity (Wildman–Crippen MR) is 102 cm³/mol. The fourth-order valence-electron chi connectivity index (χ4n) is 3.01. The largest absolute Gasteiger partial charge is 0.502 e. The zero-order chi connectivity index (χ0) is 20.4. The molecule has 8 nitrogen and oxygen atoms in total. The van der Waals surface area contributed by atoms with Crippen molar-refractivity contribution in [1.29, 1.82) is 0 Å². The van der Waals surface area contributed by atoms with Crippen LogP contribution in [0.5, 0.6) is 34.5 Å². The van der Waals surface area contributed by atoms with E-state index < -0.39 is 5.43 Å². The Morgan fingerprint density at radius 3 is 1.82 bits per heavy atom. The normalized spacial score (nSPS) is 10.6. The number of phenols is 1. The van der Waals surface area contributed by atoms with E-state index in [1.165, 1.54) is 28.4 Å². The van der Waals surface area contributed by atoms with Gasteiger partial charge in [-0.25, -0.2) is 0 Å². The first-order valence-electron chi connectivity index (χ1n) is 8.22. The molecule has 148 valence electrons. The summed E-state index contributed by atoms with van der Waals surface area (Å²) in [5.74, 6) is 0.490. The number of rotatable bonds is 6. The van der Waals surface area contributed by atoms with E-state index in [4.69, 9.17) is 28.1 Å². The van der Waals surface area contributed by atoms with Crippen LogP contribution in [0.15, 0.2) is 33.5 Å². The van der Waals surface area contributed by atoms with Crippen LogP contribution in [0.1, 0.15) is 0 Å². The zero-order valence-corrected chi connectivity index (χ0v) is 16.1. The van der Waals surface area contributed by atoms with Gasteiger partial charge in [0.1, 0.15) is 11.1 Å². The minimum absolute atomic E-state index is 0.0131. The van der Waals surface area contributed by atoms with E-state index in [2.05, 4.69) is 0 Å². The van der Waals surface area contributed by atoms with Gasteiger partial charge < -0.3 is 33.2 Å². The van der Waals surface area contributed by atoms with Gasteiger partial charge in [0.2, 0.25) is 28.4 Å². The van der Waals surface area contributed by atoms with Crippen LogP contribution in [0, 0.1) is 0 Å². The van der Waals surface area contributed by atoms with Gasteiger partial charge >= 0.3 is 0 Å². The van der Waals surface area contributed by atoms with E-state index >= 15 is 0 Å². The van der Waals surface area contributed by atoms with Crippen molar-refractivity contribution in [2.24, 2.45) is 0 Å². The fourth-order valence-corrected chi connectivity index (χ4v) is 3.01. The molecule has 2 aromatic carbocycles. The SMILES string of the molecule is COc1ccc(-c2oc3c(O)c(OC)c(OC)c(OC)c3c(=O)c2OC)cc1. The summed E-state index contributed by atoms with van der Waals surface area (Å²) >= 11 is 0. The van der Waals surface area contributed by atoms with Crippen molar-refractivity contribution in [2.75, 3.05) is 35.5 Å². The molecule has 28 heavy (non-hydrogen) atoms. The highest BCUT2D eigenvalue weighted by Gasteiger charge is 2.29. The van der Waals surface area contributed by atoms with Gasteiger partial charge in [0.15, 0.2) is 17.1 Å². The molecule has 8 heteroatoms. The Labute approximate surface area is 160 Å². The minimum atomic E-state index is -0.525. The van der Waals surface area contributed by atoms with Crippen LogP contribution in [0.3, 0.4) is 0 Å². The summed E-state index contributed by atoms with van der Waals surface area (Å²) in [5.41, 5.74) is -0.0707. The van der Waals surface area contributed by atoms with Gasteiger partial charge in [-0.1, -0.05) is 0 Å². The smallest absolute Gasteiger partial charge is 0.239 e. The van der Waals surface area contributed by atoms with Crippen LogP contribution in [0.2, 0.25) is 0 Å². The first kappa shape index (κ1) is 19.2. The third-order valence-electron chi connectivity index (χ3n) is 4.31. The predicted octanol–water partition coefficient (Wildman–Crippen LogP) is 3.21. The van der Waals surface area contributed by atoms with E-state index in [-0.39, 0.29) is 45.5 Å². The molecule has 0 aliphatic carbocycles. The highest BCUT2D eigenvalue weighted by atomic mass is 16.5. The summed E-state index contributed by atoms with van der Waals surface area (Å²) < 4.78 is 32.2. The van der Waals surface area contributed by atoms with Gasteiger partial charge in [-0.05, 0) is 24.3 Å². The Balaban J connectivity index is 2.45. The lowest BCUT2D eigenvalue weighted by Gasteiger charge is -2.17. The summed E-state index contributed by atoms with van der Waals surface area (Å²) in [4.78, 5) is 13.2. The van der Waals surface area contributed by atoms with Crippen LogP contribution >= 0.6 is 0 Å². The van der Waals surface area contributed by atoms with Crippen LogP contribution in [0.25, 0.3) is 22.3 Å². The lowest BCUT2D eigenvalue weighted by atomic mass is 10.1. The molecule has 0 saturated carbocycles. The van der Waals surface area contributed by atoms with Crippen molar-refractivity contribution in [3.63, 3.8) is 0 Å². The molecule has 0 amide bonds. The van der Waals surface area contributed by atoms with Crippen LogP contribution in [-0.2, 0) is 0 Å². The standard InChI is InChI=1S/C20H20O8/c1-23-11-8-6-10(7-9-11)15-18(25-3)13(21)12-16(28-15)14(22)19(26-4)20(27-5)17(12)24-2/h6-9,22H,1-5H3. The number of aromatic hydroxyl groups is 1. The second-order valence-corrected chi connectivity index (χ2v) is 5.67.